The molecule has 0 saturated heterocycles. The summed E-state index contributed by atoms with van der Waals surface area (Å²) in [6, 6.07) is 32.1. The monoisotopic (exact) mass is 1150 g/mol. The van der Waals surface area contributed by atoms with E-state index in [1.54, 1.807) is 28.7 Å². The van der Waals surface area contributed by atoms with Crippen molar-refractivity contribution in [3.63, 3.8) is 0 Å². The van der Waals surface area contributed by atoms with Gasteiger partial charge < -0.3 is 41.2 Å². The highest BCUT2D eigenvalue weighted by molar-refractivity contribution is 7.13. The Labute approximate surface area is 494 Å². The number of carboxylic acids is 1. The SMILES string of the molecule is CCN(CC)CCCC(=O)c1[nH]c(/C=C2\C(=O)Nc3ccc(-c4csc(-c5ccccc5)n4)cc32)c2c1CCCC2.CCN(CC)CCN.O=C1Nc2ccc(-c3csc(-c4ccccc4)n3)cc2/C1=C/c1[nH]c(C(=O)O)c2c1CCCC2. The summed E-state index contributed by atoms with van der Waals surface area (Å²) in [5.41, 5.74) is 22.4. The number of Topliss-reactive ketones (excluding diaryl/α,β-unsaturated/α-hetero) is 1. The number of thiazole rings is 2. The first-order valence-electron chi connectivity index (χ1n) is 29.2. The number of nitrogens with zero attached hydrogens (tertiary/aromatic N) is 4. The number of carboxylic acid groups (broad SMARTS) is 1. The number of nitrogens with one attached hydrogen (secondary N) is 4. The summed E-state index contributed by atoms with van der Waals surface area (Å²) in [7, 11) is 0. The van der Waals surface area contributed by atoms with Crippen molar-refractivity contribution in [3.8, 4) is 43.7 Å². The molecule has 8 aromatic rings. The summed E-state index contributed by atoms with van der Waals surface area (Å²) in [6.45, 7) is 15.6. The molecule has 2 aliphatic heterocycles. The number of benzene rings is 4. The van der Waals surface area contributed by atoms with Crippen LogP contribution in [0.15, 0.2) is 108 Å². The van der Waals surface area contributed by atoms with Crippen LogP contribution in [0.1, 0.15) is 132 Å². The van der Waals surface area contributed by atoms with Crippen LogP contribution in [0.3, 0.4) is 0 Å². The van der Waals surface area contributed by atoms with Crippen LogP contribution in [-0.4, -0.2) is 104 Å². The van der Waals surface area contributed by atoms with Crippen molar-refractivity contribution < 1.29 is 24.3 Å². The number of anilines is 2. The molecule has 7 N–H and O–H groups in total. The molecule has 12 rings (SSSR count). The Morgan fingerprint density at radius 3 is 1.45 bits per heavy atom. The minimum absolute atomic E-state index is 0.119. The number of hydrogen-bond acceptors (Lipinski definition) is 11. The Bertz CT molecular complexity index is 3690. The fourth-order valence-corrected chi connectivity index (χ4v) is 13.2. The van der Waals surface area contributed by atoms with E-state index < -0.39 is 5.97 Å². The number of rotatable bonds is 18. The zero-order valence-electron chi connectivity index (χ0n) is 47.8. The van der Waals surface area contributed by atoms with Crippen LogP contribution in [0, 0.1) is 0 Å². The van der Waals surface area contributed by atoms with Crippen LogP contribution in [0.5, 0.6) is 0 Å². The van der Waals surface area contributed by atoms with Gasteiger partial charge in [0.25, 0.3) is 11.8 Å². The van der Waals surface area contributed by atoms with Gasteiger partial charge in [-0.05, 0) is 149 Å². The third-order valence-electron chi connectivity index (χ3n) is 16.1. The molecule has 0 saturated carbocycles. The van der Waals surface area contributed by atoms with E-state index in [0.717, 1.165) is 204 Å². The lowest BCUT2D eigenvalue weighted by Crippen LogP contribution is -2.28. The van der Waals surface area contributed by atoms with Crippen molar-refractivity contribution in [1.29, 1.82) is 0 Å². The molecular weight excluding hydrogens is 1070 g/mol. The fraction of sp³-hybridized carbons (Fsp3) is 0.313. The maximum Gasteiger partial charge on any atom is 0.352 e. The highest BCUT2D eigenvalue weighted by atomic mass is 32.1. The Morgan fingerprint density at radius 1 is 0.578 bits per heavy atom. The molecule has 0 fully saturated rings. The zero-order valence-corrected chi connectivity index (χ0v) is 49.5. The van der Waals surface area contributed by atoms with Crippen molar-refractivity contribution in [1.82, 2.24) is 29.7 Å². The predicted molar refractivity (Wildman–Crippen MR) is 339 cm³/mol. The molecular formula is C67H73N9O5S2. The number of carbonyl (C=O) groups is 4. The number of fused-ring (bicyclic) bond motifs is 4. The van der Waals surface area contributed by atoms with E-state index in [1.165, 1.54) is 5.56 Å². The van der Waals surface area contributed by atoms with Crippen LogP contribution in [0.2, 0.25) is 0 Å². The number of aromatic nitrogens is 4. The molecule has 83 heavy (non-hydrogen) atoms. The van der Waals surface area contributed by atoms with Gasteiger partial charge in [0, 0.05) is 86.4 Å². The lowest BCUT2D eigenvalue weighted by molar-refractivity contribution is -0.111. The van der Waals surface area contributed by atoms with Gasteiger partial charge in [-0.3, -0.25) is 14.4 Å². The average molecular weight is 1150 g/mol. The number of H-pyrrole nitrogens is 2. The number of aromatic amines is 2. The molecule has 4 aliphatic rings. The number of aromatic carboxylic acids is 1. The lowest BCUT2D eigenvalue weighted by Gasteiger charge is -2.17. The van der Waals surface area contributed by atoms with E-state index in [0.29, 0.717) is 17.6 Å². The molecule has 0 bridgehead atoms. The molecule has 6 heterocycles. The number of nitrogens with two attached hydrogens (primary N) is 1. The molecule has 0 radical (unpaired) electrons. The van der Waals surface area contributed by atoms with E-state index in [4.69, 9.17) is 15.7 Å². The summed E-state index contributed by atoms with van der Waals surface area (Å²) < 4.78 is 0. The van der Waals surface area contributed by atoms with Gasteiger partial charge in [-0.25, -0.2) is 14.8 Å². The molecule has 2 aliphatic carbocycles. The topological polar surface area (TPSA) is 202 Å². The first-order chi connectivity index (χ1) is 40.5. The van der Waals surface area contributed by atoms with Crippen molar-refractivity contribution in [2.45, 2.75) is 91.9 Å². The van der Waals surface area contributed by atoms with Gasteiger partial charge in [0.1, 0.15) is 15.7 Å². The first kappa shape index (κ1) is 58.3. The van der Waals surface area contributed by atoms with E-state index >= 15 is 0 Å². The van der Waals surface area contributed by atoms with Gasteiger partial charge in [0.2, 0.25) is 0 Å². The number of hydrogen-bond donors (Lipinski definition) is 6. The number of amides is 2. The number of likely N-dealkylation sites (N-methyl/N-ethyl adjacent to an activating group) is 1. The average Bonchev–Trinajstić information content (AvgIpc) is 4.11. The summed E-state index contributed by atoms with van der Waals surface area (Å²) in [5, 5.41) is 21.6. The smallest absolute Gasteiger partial charge is 0.352 e. The second-order valence-corrected chi connectivity index (χ2v) is 22.9. The quantitative estimate of drug-likeness (QED) is 0.0354. The summed E-state index contributed by atoms with van der Waals surface area (Å²) in [6.07, 6.45) is 12.7. The van der Waals surface area contributed by atoms with Crippen LogP contribution in [0.4, 0.5) is 11.4 Å². The summed E-state index contributed by atoms with van der Waals surface area (Å²) in [4.78, 5) is 72.0. The maximum absolute atomic E-state index is 13.3. The van der Waals surface area contributed by atoms with Crippen molar-refractivity contribution in [3.05, 3.63) is 164 Å². The Hall–Kier alpha value is -7.86. The van der Waals surface area contributed by atoms with Crippen LogP contribution >= 0.6 is 22.7 Å². The number of ketones is 1. The zero-order chi connectivity index (χ0) is 58.0. The van der Waals surface area contributed by atoms with Gasteiger partial charge in [0.05, 0.1) is 28.2 Å². The molecule has 0 unspecified atom stereocenters. The maximum atomic E-state index is 13.3. The summed E-state index contributed by atoms with van der Waals surface area (Å²) in [5.74, 6) is -1.09. The molecule has 428 valence electrons. The standard InChI is InChI=1S/C34H36N4O2S.C27H21N3O3S.C6H16N2/c1-3-38(4-2)18-10-15-31(39)32-25-14-9-8-13-24(25)29(35-32)20-27-26-19-23(16-17-28(26)36-33(27)40)30-21-41-34(37-30)22-11-6-5-7-12-22;31-25-20(13-22-17-8-4-5-9-18(17)24(28-22)27(32)33)19-12-16(10-11-21(19)29-25)23-14-34-26(30-23)15-6-2-1-3-7-15;1-3-8(4-2)6-5-7/h5-7,11-12,16-17,19-21,35H,3-4,8-10,13-15,18H2,1-2H3,(H,36,40);1-3,6-7,10-14,28H,4-5,8-9H2,(H,29,31)(H,32,33);3-7H2,1-2H3/b27-20-;20-13-;. The van der Waals surface area contributed by atoms with Crippen LogP contribution < -0.4 is 16.4 Å². The second-order valence-electron chi connectivity index (χ2n) is 21.2. The minimum Gasteiger partial charge on any atom is -0.477 e. The molecule has 0 atom stereocenters. The Kier molecular flexibility index (Phi) is 19.0. The second kappa shape index (κ2) is 27.0. The van der Waals surface area contributed by atoms with Gasteiger partial charge in [0.15, 0.2) is 5.78 Å². The van der Waals surface area contributed by atoms with Gasteiger partial charge in [-0.2, -0.15) is 0 Å². The van der Waals surface area contributed by atoms with E-state index in [9.17, 15) is 24.3 Å². The molecule has 2 amide bonds. The highest BCUT2D eigenvalue weighted by Gasteiger charge is 2.30. The predicted octanol–water partition coefficient (Wildman–Crippen LogP) is 13.6. The Morgan fingerprint density at radius 2 is 1.01 bits per heavy atom. The highest BCUT2D eigenvalue weighted by Crippen LogP contribution is 2.41. The molecule has 4 aromatic heterocycles. The van der Waals surface area contributed by atoms with Gasteiger partial charge in [-0.1, -0.05) is 100 Å². The fourth-order valence-electron chi connectivity index (χ4n) is 11.6. The van der Waals surface area contributed by atoms with Crippen molar-refractivity contribution in [2.75, 3.05) is 56.4 Å². The molecule has 14 nitrogen and oxygen atoms in total. The van der Waals surface area contributed by atoms with Gasteiger partial charge in [-0.15, -0.1) is 22.7 Å². The van der Waals surface area contributed by atoms with Crippen molar-refractivity contribution >= 4 is 80.9 Å². The largest absolute Gasteiger partial charge is 0.477 e. The number of carbonyl (C=O) groups excluding carboxylic acids is 3. The lowest BCUT2D eigenvalue weighted by atomic mass is 9.90. The van der Waals surface area contributed by atoms with E-state index in [2.05, 4.69) is 81.7 Å². The third-order valence-corrected chi connectivity index (χ3v) is 17.9. The first-order valence-corrected chi connectivity index (χ1v) is 31.0. The van der Waals surface area contributed by atoms with Gasteiger partial charge >= 0.3 is 5.97 Å². The minimum atomic E-state index is -0.959. The molecule has 0 spiro atoms. The van der Waals surface area contributed by atoms with E-state index in [1.807, 2.05) is 90.3 Å². The van der Waals surface area contributed by atoms with Crippen molar-refractivity contribution in [2.24, 2.45) is 5.73 Å². The molecule has 4 aromatic carbocycles. The third kappa shape index (κ3) is 13.2. The van der Waals surface area contributed by atoms with Crippen LogP contribution in [0.25, 0.3) is 67.0 Å². The Balaban J connectivity index is 0.000000166. The van der Waals surface area contributed by atoms with Crippen LogP contribution in [-0.2, 0) is 35.3 Å². The normalized spacial score (nSPS) is 15.0. The van der Waals surface area contributed by atoms with E-state index in [-0.39, 0.29) is 23.3 Å². The summed E-state index contributed by atoms with van der Waals surface area (Å²) >= 11 is 3.20. The molecule has 16 heteroatoms.